The van der Waals surface area contributed by atoms with Gasteiger partial charge in [0.15, 0.2) is 0 Å². The van der Waals surface area contributed by atoms with Crippen LogP contribution in [0.1, 0.15) is 0 Å². The minimum absolute atomic E-state index is 0.505. The van der Waals surface area contributed by atoms with E-state index in [9.17, 15) is 4.79 Å². The first-order valence-corrected chi connectivity index (χ1v) is 7.84. The van der Waals surface area contributed by atoms with E-state index in [2.05, 4.69) is 5.10 Å². The average Bonchev–Trinajstić information content (AvgIpc) is 3.02. The van der Waals surface area contributed by atoms with E-state index in [1.807, 2.05) is 60.7 Å². The van der Waals surface area contributed by atoms with Gasteiger partial charge in [0, 0.05) is 17.6 Å². The molecule has 0 radical (unpaired) electrons. The molecule has 0 aliphatic carbocycles. The Bertz CT molecular complexity index is 775. The molecule has 6 heteroatoms. The molecule has 23 heavy (non-hydrogen) atoms. The largest absolute Gasteiger partial charge is 0.440 e. The Morgan fingerprint density at radius 1 is 1.04 bits per heavy atom. The number of anilines is 1. The first-order valence-electron chi connectivity index (χ1n) is 7.02. The van der Waals surface area contributed by atoms with Gasteiger partial charge in [-0.2, -0.15) is 0 Å². The molecule has 1 aromatic heterocycles. The second kappa shape index (κ2) is 7.02. The van der Waals surface area contributed by atoms with Crippen LogP contribution in [-0.2, 0) is 0 Å². The zero-order valence-corrected chi connectivity index (χ0v) is 13.3. The molecule has 0 aliphatic rings. The van der Waals surface area contributed by atoms with Gasteiger partial charge in [0.25, 0.3) is 0 Å². The summed E-state index contributed by atoms with van der Waals surface area (Å²) in [6, 6.07) is 20.9. The molecular weight excluding hydrogens is 310 g/mol. The van der Waals surface area contributed by atoms with Gasteiger partial charge in [0.1, 0.15) is 5.03 Å². The molecule has 1 amide bonds. The van der Waals surface area contributed by atoms with Gasteiger partial charge in [-0.3, -0.25) is 9.74 Å². The van der Waals surface area contributed by atoms with Gasteiger partial charge in [0.05, 0.1) is 6.20 Å². The fourth-order valence-electron chi connectivity index (χ4n) is 1.92. The average molecular weight is 325 g/mol. The molecule has 2 aromatic carbocycles. The third kappa shape index (κ3) is 3.73. The van der Waals surface area contributed by atoms with Gasteiger partial charge in [-0.1, -0.05) is 53.0 Å². The molecule has 0 bridgehead atoms. The summed E-state index contributed by atoms with van der Waals surface area (Å²) in [5.74, 6) is 0. The van der Waals surface area contributed by atoms with Crippen molar-refractivity contribution < 1.29 is 9.63 Å². The summed E-state index contributed by atoms with van der Waals surface area (Å²) in [7, 11) is 1.66. The Balaban J connectivity index is 1.71. The molecule has 0 saturated heterocycles. The number of carbonyl (C=O) groups excluding carboxylic acids is 1. The number of carbonyl (C=O) groups is 1. The predicted molar refractivity (Wildman–Crippen MR) is 89.6 cm³/mol. The van der Waals surface area contributed by atoms with Gasteiger partial charge < -0.3 is 0 Å². The summed E-state index contributed by atoms with van der Waals surface area (Å²) in [5.41, 5.74) is 0.752. The molecule has 1 heterocycles. The summed E-state index contributed by atoms with van der Waals surface area (Å²) in [6.45, 7) is 0. The van der Waals surface area contributed by atoms with Crippen LogP contribution in [-0.4, -0.2) is 23.1 Å². The lowest BCUT2D eigenvalue weighted by Gasteiger charge is -2.16. The number of aromatic nitrogens is 2. The van der Waals surface area contributed by atoms with Crippen LogP contribution in [0.2, 0.25) is 0 Å². The molecule has 3 rings (SSSR count). The monoisotopic (exact) mass is 325 g/mol. The van der Waals surface area contributed by atoms with Gasteiger partial charge in [-0.15, -0.1) is 5.10 Å². The van der Waals surface area contributed by atoms with Crippen LogP contribution >= 0.6 is 11.8 Å². The summed E-state index contributed by atoms with van der Waals surface area (Å²) in [5, 5.41) is 4.78. The van der Waals surface area contributed by atoms with E-state index in [1.165, 1.54) is 21.5 Å². The molecule has 116 valence electrons. The van der Waals surface area contributed by atoms with E-state index in [0.29, 0.717) is 0 Å². The zero-order valence-electron chi connectivity index (χ0n) is 12.5. The first-order chi connectivity index (χ1) is 11.2. The quantitative estimate of drug-likeness (QED) is 0.733. The second-order valence-electron chi connectivity index (χ2n) is 4.71. The highest BCUT2D eigenvalue weighted by atomic mass is 32.2. The van der Waals surface area contributed by atoms with Gasteiger partial charge >= 0.3 is 6.09 Å². The maximum atomic E-state index is 12.2. The lowest BCUT2D eigenvalue weighted by atomic mass is 10.3. The number of amides is 1. The Morgan fingerprint density at radius 3 is 2.39 bits per heavy atom. The number of rotatable bonds is 4. The molecule has 0 N–H and O–H groups in total. The third-order valence-electron chi connectivity index (χ3n) is 3.12. The fraction of sp³-hybridized carbons (Fsp3) is 0.0588. The second-order valence-corrected chi connectivity index (χ2v) is 5.80. The van der Waals surface area contributed by atoms with Crippen LogP contribution in [0.3, 0.4) is 0 Å². The smallest absolute Gasteiger partial charge is 0.298 e. The summed E-state index contributed by atoms with van der Waals surface area (Å²) >= 11 is 1.48. The summed E-state index contributed by atoms with van der Waals surface area (Å²) < 4.78 is 0. The van der Waals surface area contributed by atoms with Gasteiger partial charge in [0.2, 0.25) is 0 Å². The van der Waals surface area contributed by atoms with Crippen molar-refractivity contribution in [1.82, 2.24) is 9.94 Å². The van der Waals surface area contributed by atoms with Crippen LogP contribution in [0, 0.1) is 0 Å². The van der Waals surface area contributed by atoms with E-state index >= 15 is 0 Å². The lowest BCUT2D eigenvalue weighted by Crippen LogP contribution is -2.34. The van der Waals surface area contributed by atoms with Crippen molar-refractivity contribution in [3.05, 3.63) is 72.9 Å². The highest BCUT2D eigenvalue weighted by Gasteiger charge is 2.16. The highest BCUT2D eigenvalue weighted by Crippen LogP contribution is 2.26. The standard InChI is InChI=1S/C17H15N3O2S/c1-19(14-8-4-2-5-9-14)17(21)22-20-16(12-13-18-20)23-15-10-6-3-7-11-15/h2-13H,1H3. The van der Waals surface area contributed by atoms with Crippen LogP contribution in [0.4, 0.5) is 10.5 Å². The van der Waals surface area contributed by atoms with Crippen molar-refractivity contribution in [3.63, 3.8) is 0 Å². The molecule has 0 saturated carbocycles. The minimum Gasteiger partial charge on any atom is -0.298 e. The number of benzene rings is 2. The van der Waals surface area contributed by atoms with Crippen molar-refractivity contribution in [2.75, 3.05) is 11.9 Å². The molecule has 0 aliphatic heterocycles. The van der Waals surface area contributed by atoms with E-state index in [0.717, 1.165) is 15.6 Å². The van der Waals surface area contributed by atoms with Crippen molar-refractivity contribution >= 4 is 23.5 Å². The maximum absolute atomic E-state index is 12.2. The van der Waals surface area contributed by atoms with Crippen molar-refractivity contribution in [2.45, 2.75) is 9.92 Å². The maximum Gasteiger partial charge on any atom is 0.440 e. The SMILES string of the molecule is CN(C(=O)On1nccc1Sc1ccccc1)c1ccccc1. The molecule has 0 atom stereocenters. The van der Waals surface area contributed by atoms with Crippen LogP contribution < -0.4 is 9.74 Å². The molecule has 3 aromatic rings. The lowest BCUT2D eigenvalue weighted by molar-refractivity contribution is 0.111. The van der Waals surface area contributed by atoms with Crippen molar-refractivity contribution in [2.24, 2.45) is 0 Å². The third-order valence-corrected chi connectivity index (χ3v) is 4.13. The zero-order chi connectivity index (χ0) is 16.1. The predicted octanol–water partition coefficient (Wildman–Crippen LogP) is 3.72. The highest BCUT2D eigenvalue weighted by molar-refractivity contribution is 7.99. The minimum atomic E-state index is -0.505. The Labute approximate surface area is 138 Å². The Morgan fingerprint density at radius 2 is 1.70 bits per heavy atom. The van der Waals surface area contributed by atoms with Gasteiger partial charge in [-0.25, -0.2) is 4.79 Å². The van der Waals surface area contributed by atoms with E-state index in [-0.39, 0.29) is 0 Å². The fourth-order valence-corrected chi connectivity index (χ4v) is 2.75. The number of hydrogen-bond acceptors (Lipinski definition) is 4. The summed E-state index contributed by atoms with van der Waals surface area (Å²) in [6.07, 6.45) is 1.09. The molecule has 0 spiro atoms. The van der Waals surface area contributed by atoms with Crippen molar-refractivity contribution in [3.8, 4) is 0 Å². The van der Waals surface area contributed by atoms with Crippen LogP contribution in [0.5, 0.6) is 0 Å². The van der Waals surface area contributed by atoms with Crippen molar-refractivity contribution in [1.29, 1.82) is 0 Å². The molecule has 5 nitrogen and oxygen atoms in total. The summed E-state index contributed by atoms with van der Waals surface area (Å²) in [4.78, 5) is 21.3. The van der Waals surface area contributed by atoms with E-state index in [4.69, 9.17) is 4.84 Å². The molecule has 0 unspecified atom stereocenters. The molecule has 0 fully saturated rings. The molecular formula is C17H15N3O2S. The van der Waals surface area contributed by atoms with Gasteiger partial charge in [-0.05, 0) is 30.3 Å². The number of hydrogen-bond donors (Lipinski definition) is 0. The Kier molecular flexibility index (Phi) is 4.63. The van der Waals surface area contributed by atoms with Crippen LogP contribution in [0.15, 0.2) is 82.8 Å². The van der Waals surface area contributed by atoms with E-state index in [1.54, 1.807) is 19.3 Å². The number of nitrogens with zero attached hydrogens (tertiary/aromatic N) is 3. The number of para-hydroxylation sites is 1. The Hall–Kier alpha value is -2.73. The van der Waals surface area contributed by atoms with E-state index < -0.39 is 6.09 Å². The van der Waals surface area contributed by atoms with Crippen LogP contribution in [0.25, 0.3) is 0 Å². The first kappa shape index (κ1) is 15.2. The normalized spacial score (nSPS) is 10.3. The topological polar surface area (TPSA) is 47.4 Å².